The summed E-state index contributed by atoms with van der Waals surface area (Å²) >= 11 is 1.68. The van der Waals surface area contributed by atoms with Crippen LogP contribution < -0.4 is 4.90 Å². The Kier molecular flexibility index (Phi) is 11.4. The van der Waals surface area contributed by atoms with Crippen LogP contribution in [0.1, 0.15) is 21.0 Å². The molecule has 2 aromatic carbocycles. The molecule has 1 aromatic heterocycles. The monoisotopic (exact) mass is 601 g/mol. The zero-order valence-corrected chi connectivity index (χ0v) is 25.1. The summed E-state index contributed by atoms with van der Waals surface area (Å²) in [6.07, 6.45) is 3.75. The van der Waals surface area contributed by atoms with E-state index >= 15 is 0 Å². The van der Waals surface area contributed by atoms with Crippen LogP contribution in [0.4, 0.5) is 11.4 Å². The standard InChI is InChI=1S/C25H31N3O6S3.ClH/c1-18-16-24(28(12-14-33-36(4,29)30)13-15-34-37(5,31)32)11-8-22(18)17-26-23-9-6-21(7-10-23)25-19(2)35-20(3)27-25;/h6-11,16-17H,12-15H2,1-5H3;1H. The van der Waals surface area contributed by atoms with E-state index in [2.05, 4.69) is 16.9 Å². The van der Waals surface area contributed by atoms with Crippen LogP contribution in [0.15, 0.2) is 47.5 Å². The molecule has 38 heavy (non-hydrogen) atoms. The number of aromatic nitrogens is 1. The van der Waals surface area contributed by atoms with Crippen molar-refractivity contribution in [3.8, 4) is 11.3 Å². The molecule has 3 rings (SSSR count). The van der Waals surface area contributed by atoms with Gasteiger partial charge < -0.3 is 4.90 Å². The van der Waals surface area contributed by atoms with Crippen molar-refractivity contribution in [2.75, 3.05) is 43.7 Å². The molecule has 0 aliphatic carbocycles. The number of hydrogen-bond acceptors (Lipinski definition) is 10. The first kappa shape index (κ1) is 31.9. The summed E-state index contributed by atoms with van der Waals surface area (Å²) in [4.78, 5) is 12.2. The number of hydrogen-bond donors (Lipinski definition) is 0. The van der Waals surface area contributed by atoms with Crippen molar-refractivity contribution in [3.63, 3.8) is 0 Å². The van der Waals surface area contributed by atoms with Crippen LogP contribution in [0, 0.1) is 20.8 Å². The average Bonchev–Trinajstić information content (AvgIpc) is 3.14. The van der Waals surface area contributed by atoms with Gasteiger partial charge >= 0.3 is 0 Å². The number of anilines is 1. The molecule has 0 unspecified atom stereocenters. The first-order chi connectivity index (χ1) is 17.3. The zero-order valence-electron chi connectivity index (χ0n) is 21.9. The number of aliphatic imine (C=N–C) groups is 1. The molecule has 0 radical (unpaired) electrons. The fourth-order valence-corrected chi connectivity index (χ4v) is 5.21. The van der Waals surface area contributed by atoms with Gasteiger partial charge in [-0.25, -0.2) is 4.98 Å². The van der Waals surface area contributed by atoms with Gasteiger partial charge in [-0.1, -0.05) is 18.2 Å². The van der Waals surface area contributed by atoms with Gasteiger partial charge in [0.25, 0.3) is 20.2 Å². The quantitative estimate of drug-likeness (QED) is 0.217. The largest absolute Gasteiger partial charge is 0.367 e. The number of rotatable bonds is 12. The van der Waals surface area contributed by atoms with E-state index in [0.29, 0.717) is 0 Å². The van der Waals surface area contributed by atoms with E-state index in [4.69, 9.17) is 8.37 Å². The number of halogens is 1. The fourth-order valence-electron chi connectivity index (χ4n) is 3.62. The average molecular weight is 602 g/mol. The minimum atomic E-state index is -3.59. The first-order valence-electron chi connectivity index (χ1n) is 11.4. The molecule has 13 heteroatoms. The molecule has 0 N–H and O–H groups in total. The van der Waals surface area contributed by atoms with Gasteiger partial charge in [-0.3, -0.25) is 13.4 Å². The van der Waals surface area contributed by atoms with E-state index in [1.54, 1.807) is 17.6 Å². The molecule has 0 fully saturated rings. The molecule has 0 amide bonds. The maximum atomic E-state index is 11.3. The maximum Gasteiger partial charge on any atom is 0.264 e. The molecule has 0 aliphatic rings. The highest BCUT2D eigenvalue weighted by atomic mass is 35.5. The minimum Gasteiger partial charge on any atom is -0.367 e. The Morgan fingerprint density at radius 2 is 1.50 bits per heavy atom. The Labute approximate surface area is 235 Å². The van der Waals surface area contributed by atoms with Gasteiger partial charge in [-0.05, 0) is 56.2 Å². The lowest BCUT2D eigenvalue weighted by Gasteiger charge is -2.25. The summed E-state index contributed by atoms with van der Waals surface area (Å²) in [6.45, 7) is 6.33. The summed E-state index contributed by atoms with van der Waals surface area (Å²) in [6, 6.07) is 13.6. The van der Waals surface area contributed by atoms with Gasteiger partial charge in [0.05, 0.1) is 42.1 Å². The SMILES string of the molecule is Cc1nc(-c2ccc(N=Cc3ccc(N(CCOS(C)(=O)=O)CCOS(C)(=O)=O)cc3C)cc2)c(C)s1.Cl. The van der Waals surface area contributed by atoms with Crippen LogP contribution in [-0.4, -0.2) is 66.8 Å². The number of aryl methyl sites for hydroxylation is 3. The van der Waals surface area contributed by atoms with E-state index in [1.165, 1.54) is 4.88 Å². The summed E-state index contributed by atoms with van der Waals surface area (Å²) in [5.74, 6) is 0. The summed E-state index contributed by atoms with van der Waals surface area (Å²) in [5, 5.41) is 1.04. The molecule has 0 bridgehead atoms. The zero-order chi connectivity index (χ0) is 27.2. The van der Waals surface area contributed by atoms with Gasteiger partial charge in [0.2, 0.25) is 0 Å². The first-order valence-corrected chi connectivity index (χ1v) is 15.9. The summed E-state index contributed by atoms with van der Waals surface area (Å²) in [5.41, 5.74) is 5.51. The third-order valence-corrected chi connectivity index (χ3v) is 7.41. The predicted octanol–water partition coefficient (Wildman–Crippen LogP) is 4.67. The summed E-state index contributed by atoms with van der Waals surface area (Å²) < 4.78 is 55.0. The molecule has 9 nitrogen and oxygen atoms in total. The van der Waals surface area contributed by atoms with Crippen molar-refractivity contribution in [3.05, 3.63) is 63.5 Å². The molecule has 0 spiro atoms. The third kappa shape index (κ3) is 10.1. The Morgan fingerprint density at radius 1 is 0.921 bits per heavy atom. The van der Waals surface area contributed by atoms with Crippen LogP contribution >= 0.6 is 23.7 Å². The van der Waals surface area contributed by atoms with Crippen molar-refractivity contribution < 1.29 is 25.2 Å². The van der Waals surface area contributed by atoms with Gasteiger partial charge in [0.15, 0.2) is 0 Å². The van der Waals surface area contributed by atoms with Crippen molar-refractivity contribution >= 4 is 61.6 Å². The molecule has 0 saturated heterocycles. The normalized spacial score (nSPS) is 12.0. The van der Waals surface area contributed by atoms with Crippen molar-refractivity contribution in [1.82, 2.24) is 4.98 Å². The van der Waals surface area contributed by atoms with Crippen LogP contribution in [0.25, 0.3) is 11.3 Å². The highest BCUT2D eigenvalue weighted by Crippen LogP contribution is 2.28. The second-order valence-corrected chi connectivity index (χ2v) is 13.2. The minimum absolute atomic E-state index is 0. The van der Waals surface area contributed by atoms with E-state index in [1.807, 2.05) is 61.2 Å². The lowest BCUT2D eigenvalue weighted by molar-refractivity contribution is 0.309. The predicted molar refractivity (Wildman–Crippen MR) is 157 cm³/mol. The third-order valence-electron chi connectivity index (χ3n) is 5.33. The fraction of sp³-hybridized carbons (Fsp3) is 0.360. The van der Waals surface area contributed by atoms with Crippen LogP contribution in [0.2, 0.25) is 0 Å². The van der Waals surface area contributed by atoms with E-state index < -0.39 is 20.2 Å². The Bertz CT molecular complexity index is 1430. The van der Waals surface area contributed by atoms with Gasteiger partial charge in [0, 0.05) is 35.4 Å². The molecule has 1 heterocycles. The van der Waals surface area contributed by atoms with Crippen molar-refractivity contribution in [1.29, 1.82) is 0 Å². The number of benzene rings is 2. The second kappa shape index (κ2) is 13.6. The van der Waals surface area contributed by atoms with E-state index in [0.717, 1.165) is 51.3 Å². The van der Waals surface area contributed by atoms with Gasteiger partial charge in [0.1, 0.15) is 0 Å². The Morgan fingerprint density at radius 3 is 1.97 bits per heavy atom. The molecule has 3 aromatic rings. The van der Waals surface area contributed by atoms with Crippen LogP contribution in [-0.2, 0) is 28.6 Å². The Hall–Kier alpha value is -2.35. The topological polar surface area (TPSA) is 115 Å². The van der Waals surface area contributed by atoms with Crippen molar-refractivity contribution in [2.45, 2.75) is 20.8 Å². The summed E-state index contributed by atoms with van der Waals surface area (Å²) in [7, 11) is -7.18. The highest BCUT2D eigenvalue weighted by Gasteiger charge is 2.12. The number of thiazole rings is 1. The maximum absolute atomic E-state index is 11.3. The van der Waals surface area contributed by atoms with Gasteiger partial charge in [-0.15, -0.1) is 23.7 Å². The molecule has 0 atom stereocenters. The molecular formula is C25H32ClN3O6S3. The lowest BCUT2D eigenvalue weighted by Crippen LogP contribution is -2.32. The molecule has 0 saturated carbocycles. The highest BCUT2D eigenvalue weighted by molar-refractivity contribution is 7.86. The molecular weight excluding hydrogens is 570 g/mol. The van der Waals surface area contributed by atoms with Crippen LogP contribution in [0.5, 0.6) is 0 Å². The van der Waals surface area contributed by atoms with Crippen LogP contribution in [0.3, 0.4) is 0 Å². The lowest BCUT2D eigenvalue weighted by atomic mass is 10.1. The van der Waals surface area contributed by atoms with Gasteiger partial charge in [-0.2, -0.15) is 16.8 Å². The molecule has 208 valence electrons. The number of nitrogens with zero attached hydrogens (tertiary/aromatic N) is 3. The Balaban J connectivity index is 0.00000507. The smallest absolute Gasteiger partial charge is 0.264 e. The van der Waals surface area contributed by atoms with E-state index in [-0.39, 0.29) is 38.7 Å². The van der Waals surface area contributed by atoms with E-state index in [9.17, 15) is 16.8 Å². The second-order valence-electron chi connectivity index (χ2n) is 8.52. The van der Waals surface area contributed by atoms with Crippen molar-refractivity contribution in [2.24, 2.45) is 4.99 Å². The molecule has 0 aliphatic heterocycles.